The molecule has 130 valence electrons. The summed E-state index contributed by atoms with van der Waals surface area (Å²) in [6.07, 6.45) is 0.958. The van der Waals surface area contributed by atoms with Gasteiger partial charge in [-0.1, -0.05) is 29.3 Å². The lowest BCUT2D eigenvalue weighted by Crippen LogP contribution is -2.35. The first-order valence-electron chi connectivity index (χ1n) is 7.67. The van der Waals surface area contributed by atoms with E-state index in [1.54, 1.807) is 49.6 Å². The number of hydrogen-bond acceptors (Lipinski definition) is 3. The molecule has 0 aromatic heterocycles. The number of methoxy groups -OCH3 is 1. The Morgan fingerprint density at radius 1 is 1.04 bits per heavy atom. The first-order valence-corrected chi connectivity index (χ1v) is 8.42. The largest absolute Gasteiger partial charge is 0.497 e. The number of anilines is 2. The van der Waals surface area contributed by atoms with E-state index in [1.807, 2.05) is 0 Å². The summed E-state index contributed by atoms with van der Waals surface area (Å²) in [6, 6.07) is 11.7. The second-order valence-electron chi connectivity index (χ2n) is 5.85. The van der Waals surface area contributed by atoms with Crippen molar-refractivity contribution >= 4 is 46.4 Å². The van der Waals surface area contributed by atoms with E-state index in [-0.39, 0.29) is 5.91 Å². The third-order valence-corrected chi connectivity index (χ3v) is 4.69. The number of halogens is 2. The fourth-order valence-corrected chi connectivity index (χ4v) is 2.81. The molecule has 1 fully saturated rings. The molecule has 3 rings (SSSR count). The summed E-state index contributed by atoms with van der Waals surface area (Å²) in [7, 11) is 1.55. The predicted octanol–water partition coefficient (Wildman–Crippen LogP) is 4.36. The zero-order valence-corrected chi connectivity index (χ0v) is 14.9. The highest BCUT2D eigenvalue weighted by Crippen LogP contribution is 2.48. The number of amides is 2. The van der Waals surface area contributed by atoms with Gasteiger partial charge in [-0.25, -0.2) is 0 Å². The fraction of sp³-hybridized carbons (Fsp3) is 0.222. The summed E-state index contributed by atoms with van der Waals surface area (Å²) in [6.45, 7) is 0. The van der Waals surface area contributed by atoms with Gasteiger partial charge in [0.15, 0.2) is 0 Å². The van der Waals surface area contributed by atoms with Crippen LogP contribution in [-0.2, 0) is 9.59 Å². The van der Waals surface area contributed by atoms with Crippen LogP contribution in [0.4, 0.5) is 11.4 Å². The molecule has 0 radical (unpaired) electrons. The van der Waals surface area contributed by atoms with Gasteiger partial charge in [0.05, 0.1) is 17.8 Å². The van der Waals surface area contributed by atoms with Gasteiger partial charge in [0.2, 0.25) is 11.8 Å². The summed E-state index contributed by atoms with van der Waals surface area (Å²) in [5.41, 5.74) is -0.127. The van der Waals surface area contributed by atoms with Crippen molar-refractivity contribution < 1.29 is 14.3 Å². The Morgan fingerprint density at radius 3 is 2.44 bits per heavy atom. The lowest BCUT2D eigenvalue weighted by molar-refractivity contribution is -0.131. The Labute approximate surface area is 155 Å². The first kappa shape index (κ1) is 17.6. The molecule has 2 N–H and O–H groups in total. The highest BCUT2D eigenvalue weighted by molar-refractivity contribution is 6.36. The molecule has 2 aromatic carbocycles. The lowest BCUT2D eigenvalue weighted by atomic mass is 10.0. The van der Waals surface area contributed by atoms with Crippen molar-refractivity contribution in [2.75, 3.05) is 17.7 Å². The SMILES string of the molecule is COc1cccc(NC(=O)C2(C(=O)Nc3cc(Cl)ccc3Cl)CC2)c1. The number of carbonyl (C=O) groups is 2. The maximum atomic E-state index is 12.6. The smallest absolute Gasteiger partial charge is 0.240 e. The molecule has 0 atom stereocenters. The van der Waals surface area contributed by atoms with E-state index >= 15 is 0 Å². The van der Waals surface area contributed by atoms with Crippen LogP contribution in [0.15, 0.2) is 42.5 Å². The van der Waals surface area contributed by atoms with Gasteiger partial charge in [0, 0.05) is 16.8 Å². The van der Waals surface area contributed by atoms with Crippen LogP contribution in [0, 0.1) is 5.41 Å². The molecule has 25 heavy (non-hydrogen) atoms. The second kappa shape index (κ2) is 6.94. The van der Waals surface area contributed by atoms with Gasteiger partial charge in [-0.3, -0.25) is 9.59 Å². The molecule has 0 spiro atoms. The molecule has 0 bridgehead atoms. The van der Waals surface area contributed by atoms with Crippen molar-refractivity contribution in [3.63, 3.8) is 0 Å². The Bertz CT molecular complexity index is 835. The Hall–Kier alpha value is -2.24. The number of nitrogens with one attached hydrogen (secondary N) is 2. The molecule has 7 heteroatoms. The third-order valence-electron chi connectivity index (χ3n) is 4.12. The molecule has 0 heterocycles. The average molecular weight is 379 g/mol. The van der Waals surface area contributed by atoms with Crippen molar-refractivity contribution in [1.29, 1.82) is 0 Å². The highest BCUT2D eigenvalue weighted by Gasteiger charge is 2.56. The number of ether oxygens (including phenoxy) is 1. The molecule has 1 aliphatic rings. The van der Waals surface area contributed by atoms with Gasteiger partial charge >= 0.3 is 0 Å². The number of hydrogen-bond donors (Lipinski definition) is 2. The first-order chi connectivity index (χ1) is 11.9. The minimum Gasteiger partial charge on any atom is -0.497 e. The van der Waals surface area contributed by atoms with E-state index in [2.05, 4.69) is 10.6 Å². The maximum absolute atomic E-state index is 12.6. The average Bonchev–Trinajstić information content (AvgIpc) is 3.40. The monoisotopic (exact) mass is 378 g/mol. The molecular weight excluding hydrogens is 363 g/mol. The lowest BCUT2D eigenvalue weighted by Gasteiger charge is -2.16. The van der Waals surface area contributed by atoms with Crippen LogP contribution < -0.4 is 15.4 Å². The number of carbonyl (C=O) groups excluding carboxylic acids is 2. The Balaban J connectivity index is 1.73. The van der Waals surface area contributed by atoms with Gasteiger partial charge in [-0.15, -0.1) is 0 Å². The summed E-state index contributed by atoms with van der Waals surface area (Å²) in [4.78, 5) is 25.2. The van der Waals surface area contributed by atoms with Crippen molar-refractivity contribution in [1.82, 2.24) is 0 Å². The molecule has 0 saturated heterocycles. The molecule has 1 saturated carbocycles. The van der Waals surface area contributed by atoms with Crippen LogP contribution >= 0.6 is 23.2 Å². The second-order valence-corrected chi connectivity index (χ2v) is 6.69. The standard InChI is InChI=1S/C18H16Cl2N2O3/c1-25-13-4-2-3-12(10-13)21-16(23)18(7-8-18)17(24)22-15-9-11(19)5-6-14(15)20/h2-6,9-10H,7-8H2,1H3,(H,21,23)(H,22,24). The minimum absolute atomic E-state index is 0.351. The van der Waals surface area contributed by atoms with Gasteiger partial charge in [0.1, 0.15) is 11.2 Å². The summed E-state index contributed by atoms with van der Waals surface area (Å²) in [5.74, 6) is -0.119. The Morgan fingerprint density at radius 2 is 1.76 bits per heavy atom. The van der Waals surface area contributed by atoms with Crippen LogP contribution in [0.3, 0.4) is 0 Å². The van der Waals surface area contributed by atoms with Crippen molar-refractivity contribution in [2.45, 2.75) is 12.8 Å². The molecule has 5 nitrogen and oxygen atoms in total. The molecule has 2 aromatic rings. The van der Waals surface area contributed by atoms with E-state index in [4.69, 9.17) is 27.9 Å². The van der Waals surface area contributed by atoms with Gasteiger partial charge in [-0.2, -0.15) is 0 Å². The van der Waals surface area contributed by atoms with Gasteiger partial charge in [-0.05, 0) is 43.2 Å². The quantitative estimate of drug-likeness (QED) is 0.759. The zero-order valence-electron chi connectivity index (χ0n) is 13.4. The van der Waals surface area contributed by atoms with Crippen LogP contribution in [0.25, 0.3) is 0 Å². The molecule has 0 unspecified atom stereocenters. The minimum atomic E-state index is -1.09. The molecule has 2 amide bonds. The van der Waals surface area contributed by atoms with Gasteiger partial charge < -0.3 is 15.4 Å². The third kappa shape index (κ3) is 3.72. The van der Waals surface area contributed by atoms with E-state index in [0.717, 1.165) is 0 Å². The van der Waals surface area contributed by atoms with Crippen LogP contribution in [0.2, 0.25) is 10.0 Å². The zero-order chi connectivity index (χ0) is 18.0. The van der Waals surface area contributed by atoms with Crippen molar-refractivity contribution in [3.05, 3.63) is 52.5 Å². The van der Waals surface area contributed by atoms with Crippen LogP contribution in [0.5, 0.6) is 5.75 Å². The van der Waals surface area contributed by atoms with Crippen LogP contribution in [-0.4, -0.2) is 18.9 Å². The maximum Gasteiger partial charge on any atom is 0.240 e. The normalized spacial score (nSPS) is 14.5. The highest BCUT2D eigenvalue weighted by atomic mass is 35.5. The van der Waals surface area contributed by atoms with E-state index in [0.29, 0.717) is 40.0 Å². The summed E-state index contributed by atoms with van der Waals surface area (Å²) in [5, 5.41) is 6.29. The molecular formula is C18H16Cl2N2O3. The van der Waals surface area contributed by atoms with E-state index < -0.39 is 11.3 Å². The van der Waals surface area contributed by atoms with Crippen molar-refractivity contribution in [3.8, 4) is 5.75 Å². The van der Waals surface area contributed by atoms with E-state index in [9.17, 15) is 9.59 Å². The Kier molecular flexibility index (Phi) is 4.88. The van der Waals surface area contributed by atoms with Crippen LogP contribution in [0.1, 0.15) is 12.8 Å². The van der Waals surface area contributed by atoms with Gasteiger partial charge in [0.25, 0.3) is 0 Å². The molecule has 1 aliphatic carbocycles. The predicted molar refractivity (Wildman–Crippen MR) is 98.4 cm³/mol. The summed E-state index contributed by atoms with van der Waals surface area (Å²) < 4.78 is 5.13. The number of benzene rings is 2. The van der Waals surface area contributed by atoms with Crippen molar-refractivity contribution in [2.24, 2.45) is 5.41 Å². The molecule has 0 aliphatic heterocycles. The number of rotatable bonds is 5. The van der Waals surface area contributed by atoms with E-state index in [1.165, 1.54) is 0 Å². The summed E-state index contributed by atoms with van der Waals surface area (Å²) >= 11 is 12.0. The fourth-order valence-electron chi connectivity index (χ4n) is 2.47. The topological polar surface area (TPSA) is 67.4 Å².